The van der Waals surface area contributed by atoms with Crippen molar-refractivity contribution >= 4 is 11.6 Å². The van der Waals surface area contributed by atoms with E-state index in [2.05, 4.69) is 12.2 Å². The zero-order valence-corrected chi connectivity index (χ0v) is 8.93. The molecular weight excluding hydrogens is 198 g/mol. The lowest BCUT2D eigenvalue weighted by atomic mass is 9.92. The van der Waals surface area contributed by atoms with Crippen molar-refractivity contribution in [3.05, 3.63) is 28.3 Å². The van der Waals surface area contributed by atoms with E-state index in [1.165, 1.54) is 5.56 Å². The Bertz CT molecular complexity index is 351. The van der Waals surface area contributed by atoms with Gasteiger partial charge in [-0.1, -0.05) is 24.6 Å². The van der Waals surface area contributed by atoms with Gasteiger partial charge in [-0.15, -0.1) is 0 Å². The number of phenolic OH excluding ortho intramolecular Hbond substituents is 1. The highest BCUT2D eigenvalue weighted by atomic mass is 35.5. The number of halogens is 1. The lowest BCUT2D eigenvalue weighted by molar-refractivity contribution is 0.442. The van der Waals surface area contributed by atoms with Gasteiger partial charge in [-0.25, -0.2) is 0 Å². The zero-order chi connectivity index (χ0) is 10.1. The fourth-order valence-corrected chi connectivity index (χ4v) is 2.24. The molecule has 2 nitrogen and oxygen atoms in total. The Labute approximate surface area is 88.9 Å². The molecule has 76 valence electrons. The molecule has 1 heterocycles. The van der Waals surface area contributed by atoms with Crippen LogP contribution < -0.4 is 5.32 Å². The van der Waals surface area contributed by atoms with Crippen LogP contribution in [-0.2, 0) is 6.42 Å². The van der Waals surface area contributed by atoms with E-state index in [1.54, 1.807) is 6.07 Å². The topological polar surface area (TPSA) is 32.3 Å². The normalized spacial score (nSPS) is 20.6. The molecule has 0 saturated carbocycles. The molecule has 0 saturated heterocycles. The number of phenols is 1. The minimum absolute atomic E-state index is 0.268. The van der Waals surface area contributed by atoms with Gasteiger partial charge < -0.3 is 10.4 Å². The minimum Gasteiger partial charge on any atom is -0.506 e. The molecule has 1 aromatic carbocycles. The second-order valence-corrected chi connectivity index (χ2v) is 4.04. The molecule has 0 aliphatic carbocycles. The Kier molecular flexibility index (Phi) is 2.66. The summed E-state index contributed by atoms with van der Waals surface area (Å²) in [4.78, 5) is 0. The molecule has 0 fully saturated rings. The lowest BCUT2D eigenvalue weighted by Gasteiger charge is -2.26. The Balaban J connectivity index is 2.50. The number of fused-ring (bicyclic) bond motifs is 1. The molecule has 1 aliphatic heterocycles. The van der Waals surface area contributed by atoms with Crippen LogP contribution >= 0.6 is 11.6 Å². The number of hydrogen-bond acceptors (Lipinski definition) is 2. The summed E-state index contributed by atoms with van der Waals surface area (Å²) in [5, 5.41) is 13.7. The maximum absolute atomic E-state index is 9.80. The molecule has 1 aliphatic rings. The van der Waals surface area contributed by atoms with Crippen LogP contribution in [0, 0.1) is 0 Å². The molecule has 2 N–H and O–H groups in total. The maximum Gasteiger partial charge on any atom is 0.137 e. The van der Waals surface area contributed by atoms with Crippen molar-refractivity contribution in [1.82, 2.24) is 5.32 Å². The largest absolute Gasteiger partial charge is 0.506 e. The highest BCUT2D eigenvalue weighted by Crippen LogP contribution is 2.35. The van der Waals surface area contributed by atoms with E-state index in [1.807, 2.05) is 6.07 Å². The van der Waals surface area contributed by atoms with Crippen LogP contribution in [0.2, 0.25) is 5.02 Å². The second kappa shape index (κ2) is 3.79. The molecule has 0 radical (unpaired) electrons. The molecule has 0 bridgehead atoms. The fourth-order valence-electron chi connectivity index (χ4n) is 2.06. The van der Waals surface area contributed by atoms with Crippen LogP contribution in [0.15, 0.2) is 12.1 Å². The van der Waals surface area contributed by atoms with Crippen molar-refractivity contribution in [2.24, 2.45) is 0 Å². The third-order valence-corrected chi connectivity index (χ3v) is 3.12. The molecule has 0 amide bonds. The summed E-state index contributed by atoms with van der Waals surface area (Å²) in [7, 11) is 0. The summed E-state index contributed by atoms with van der Waals surface area (Å²) >= 11 is 5.87. The van der Waals surface area contributed by atoms with E-state index in [0.717, 1.165) is 24.9 Å². The highest BCUT2D eigenvalue weighted by Gasteiger charge is 2.21. The third-order valence-electron chi connectivity index (χ3n) is 2.82. The molecule has 1 aromatic rings. The van der Waals surface area contributed by atoms with Crippen LogP contribution in [0.1, 0.15) is 30.5 Å². The molecular formula is C11H14ClNO. The molecule has 3 heteroatoms. The number of nitrogens with one attached hydrogen (secondary N) is 1. The van der Waals surface area contributed by atoms with Crippen molar-refractivity contribution in [2.45, 2.75) is 25.8 Å². The van der Waals surface area contributed by atoms with Crippen LogP contribution in [0.5, 0.6) is 5.75 Å². The van der Waals surface area contributed by atoms with Crippen LogP contribution in [0.25, 0.3) is 0 Å². The van der Waals surface area contributed by atoms with Gasteiger partial charge in [0, 0.05) is 11.6 Å². The summed E-state index contributed by atoms with van der Waals surface area (Å²) in [6.45, 7) is 3.05. The summed E-state index contributed by atoms with van der Waals surface area (Å²) in [5.74, 6) is 0.268. The van der Waals surface area contributed by atoms with Crippen molar-refractivity contribution in [1.29, 1.82) is 0 Å². The van der Waals surface area contributed by atoms with Crippen LogP contribution in [0.3, 0.4) is 0 Å². The first-order valence-electron chi connectivity index (χ1n) is 4.97. The number of rotatable bonds is 1. The summed E-state index contributed by atoms with van der Waals surface area (Å²) in [6, 6.07) is 4.14. The predicted molar refractivity (Wildman–Crippen MR) is 57.9 cm³/mol. The first-order valence-corrected chi connectivity index (χ1v) is 5.35. The summed E-state index contributed by atoms with van der Waals surface area (Å²) in [5.41, 5.74) is 2.21. The predicted octanol–water partition coefficient (Wildman–Crippen LogP) is 2.64. The number of hydrogen-bond donors (Lipinski definition) is 2. The van der Waals surface area contributed by atoms with Gasteiger partial charge >= 0.3 is 0 Å². The molecule has 2 rings (SSSR count). The van der Waals surface area contributed by atoms with Gasteiger partial charge in [0.05, 0.1) is 5.02 Å². The highest BCUT2D eigenvalue weighted by molar-refractivity contribution is 6.32. The summed E-state index contributed by atoms with van der Waals surface area (Å²) in [6.07, 6.45) is 1.90. The Morgan fingerprint density at radius 3 is 3.07 bits per heavy atom. The van der Waals surface area contributed by atoms with E-state index < -0.39 is 0 Å². The molecule has 0 spiro atoms. The van der Waals surface area contributed by atoms with Crippen molar-refractivity contribution in [3.63, 3.8) is 0 Å². The zero-order valence-electron chi connectivity index (χ0n) is 8.18. The monoisotopic (exact) mass is 211 g/mol. The van der Waals surface area contributed by atoms with Gasteiger partial charge in [0.25, 0.3) is 0 Å². The van der Waals surface area contributed by atoms with Gasteiger partial charge in [0.2, 0.25) is 0 Å². The van der Waals surface area contributed by atoms with Gasteiger partial charge in [-0.3, -0.25) is 0 Å². The molecule has 1 atom stereocenters. The van der Waals surface area contributed by atoms with Gasteiger partial charge in [-0.05, 0) is 31.0 Å². The SMILES string of the molecule is CCC1NCCc2c1ccc(Cl)c2O. The first kappa shape index (κ1) is 9.81. The minimum atomic E-state index is 0.268. The van der Waals surface area contributed by atoms with Gasteiger partial charge in [0.15, 0.2) is 0 Å². The Morgan fingerprint density at radius 1 is 1.57 bits per heavy atom. The van der Waals surface area contributed by atoms with E-state index in [4.69, 9.17) is 11.6 Å². The standard InChI is InChI=1S/C11H14ClNO/c1-2-10-7-3-4-9(12)11(14)8(7)5-6-13-10/h3-4,10,13-14H,2,5-6H2,1H3. The van der Waals surface area contributed by atoms with Crippen molar-refractivity contribution in [2.75, 3.05) is 6.54 Å². The number of aromatic hydroxyl groups is 1. The maximum atomic E-state index is 9.80. The molecule has 0 aromatic heterocycles. The Hall–Kier alpha value is -0.730. The van der Waals surface area contributed by atoms with E-state index in [9.17, 15) is 5.11 Å². The average Bonchev–Trinajstić information content (AvgIpc) is 2.23. The van der Waals surface area contributed by atoms with Crippen LogP contribution in [0.4, 0.5) is 0 Å². The molecule has 14 heavy (non-hydrogen) atoms. The quantitative estimate of drug-likeness (QED) is 0.749. The molecule has 1 unspecified atom stereocenters. The van der Waals surface area contributed by atoms with Gasteiger partial charge in [-0.2, -0.15) is 0 Å². The average molecular weight is 212 g/mol. The van der Waals surface area contributed by atoms with E-state index >= 15 is 0 Å². The van der Waals surface area contributed by atoms with Crippen LogP contribution in [-0.4, -0.2) is 11.7 Å². The number of benzene rings is 1. The summed E-state index contributed by atoms with van der Waals surface area (Å²) < 4.78 is 0. The smallest absolute Gasteiger partial charge is 0.137 e. The fraction of sp³-hybridized carbons (Fsp3) is 0.455. The van der Waals surface area contributed by atoms with Crippen molar-refractivity contribution < 1.29 is 5.11 Å². The first-order chi connectivity index (χ1) is 6.74. The van der Waals surface area contributed by atoms with Crippen molar-refractivity contribution in [3.8, 4) is 5.75 Å². The van der Waals surface area contributed by atoms with E-state index in [-0.39, 0.29) is 5.75 Å². The van der Waals surface area contributed by atoms with Gasteiger partial charge in [0.1, 0.15) is 5.75 Å². The lowest BCUT2D eigenvalue weighted by Crippen LogP contribution is -2.29. The van der Waals surface area contributed by atoms with E-state index in [0.29, 0.717) is 11.1 Å². The third kappa shape index (κ3) is 1.49. The second-order valence-electron chi connectivity index (χ2n) is 3.63. The Morgan fingerprint density at radius 2 is 2.36 bits per heavy atom.